The van der Waals surface area contributed by atoms with Gasteiger partial charge in [-0.25, -0.2) is 0 Å². The number of ether oxygens (including phenoxy) is 2. The van der Waals surface area contributed by atoms with Crippen LogP contribution < -0.4 is 0 Å². The molecule has 4 heteroatoms. The highest BCUT2D eigenvalue weighted by Crippen LogP contribution is 2.07. The Balaban J connectivity index is 0.000000166. The summed E-state index contributed by atoms with van der Waals surface area (Å²) in [4.78, 5) is 0. The molecule has 1 aliphatic rings. The first-order valence-corrected chi connectivity index (χ1v) is 7.00. The molecule has 0 radical (unpaired) electrons. The highest BCUT2D eigenvalue weighted by molar-refractivity contribution is 5.19. The fourth-order valence-corrected chi connectivity index (χ4v) is 1.30. The van der Waals surface area contributed by atoms with Gasteiger partial charge in [0.1, 0.15) is 17.6 Å². The molecule has 0 amide bonds. The molecule has 22 heavy (non-hydrogen) atoms. The van der Waals surface area contributed by atoms with Gasteiger partial charge in [0, 0.05) is 0 Å². The molecule has 1 saturated heterocycles. The fourth-order valence-electron chi connectivity index (χ4n) is 1.30. The lowest BCUT2D eigenvalue weighted by Crippen LogP contribution is -2.00. The lowest BCUT2D eigenvalue weighted by Gasteiger charge is -1.92. The zero-order valence-corrected chi connectivity index (χ0v) is 12.5. The van der Waals surface area contributed by atoms with Gasteiger partial charge in [-0.15, -0.1) is 6.58 Å². The van der Waals surface area contributed by atoms with E-state index in [4.69, 9.17) is 19.7 Å². The highest BCUT2D eigenvalue weighted by Gasteiger charge is 2.21. The lowest BCUT2D eigenvalue weighted by molar-refractivity contribution is 0.141. The van der Waals surface area contributed by atoms with Crippen molar-refractivity contribution >= 4 is 0 Å². The van der Waals surface area contributed by atoms with Crippen LogP contribution in [0, 0.1) is 0 Å². The number of hydrogen-bond donors (Lipinski definition) is 2. The van der Waals surface area contributed by atoms with Gasteiger partial charge in [-0.3, -0.25) is 0 Å². The Morgan fingerprint density at radius 2 is 1.45 bits per heavy atom. The molecular weight excluding hydrogens is 280 g/mol. The van der Waals surface area contributed by atoms with Crippen LogP contribution in [-0.4, -0.2) is 36.1 Å². The number of rotatable bonds is 4. The molecule has 1 atom stereocenters. The Bertz CT molecular complexity index is 458. The highest BCUT2D eigenvalue weighted by atomic mass is 16.6. The van der Waals surface area contributed by atoms with Gasteiger partial charge in [0.2, 0.25) is 0 Å². The summed E-state index contributed by atoms with van der Waals surface area (Å²) in [6.07, 6.45) is 2.12. The Kier molecular flexibility index (Phi) is 9.17. The average Bonchev–Trinajstić information content (AvgIpc) is 3.35. The smallest absolute Gasteiger partial charge is 0.115 e. The molecule has 2 N–H and O–H groups in total. The van der Waals surface area contributed by atoms with Crippen molar-refractivity contribution in [3.05, 3.63) is 73.3 Å². The molecule has 118 valence electrons. The van der Waals surface area contributed by atoms with E-state index >= 15 is 0 Å². The van der Waals surface area contributed by atoms with Crippen molar-refractivity contribution in [1.29, 1.82) is 0 Å². The predicted molar refractivity (Wildman–Crippen MR) is 87.0 cm³/mol. The van der Waals surface area contributed by atoms with Crippen LogP contribution in [-0.2, 0) is 9.47 Å². The number of hydrogen-bond acceptors (Lipinski definition) is 4. The molecule has 2 aromatic rings. The van der Waals surface area contributed by atoms with Gasteiger partial charge in [0.25, 0.3) is 0 Å². The second kappa shape index (κ2) is 11.4. The molecule has 1 heterocycles. The van der Waals surface area contributed by atoms with Crippen LogP contribution in [0.25, 0.3) is 0 Å². The van der Waals surface area contributed by atoms with E-state index in [1.165, 1.54) is 0 Å². The first kappa shape index (κ1) is 17.8. The van der Waals surface area contributed by atoms with E-state index in [9.17, 15) is 0 Å². The first-order valence-electron chi connectivity index (χ1n) is 7.00. The number of phenols is 2. The fraction of sp³-hybridized carbons (Fsp3) is 0.222. The third kappa shape index (κ3) is 10.5. The predicted octanol–water partition coefficient (Wildman–Crippen LogP) is 3.37. The van der Waals surface area contributed by atoms with Gasteiger partial charge in [0.15, 0.2) is 0 Å². The summed E-state index contributed by atoms with van der Waals surface area (Å²) >= 11 is 0. The maximum absolute atomic E-state index is 8.63. The van der Waals surface area contributed by atoms with Crippen LogP contribution in [0.15, 0.2) is 73.3 Å². The Morgan fingerprint density at radius 3 is 1.73 bits per heavy atom. The Hall–Kier alpha value is -2.30. The van der Waals surface area contributed by atoms with E-state index in [0.29, 0.717) is 24.2 Å². The summed E-state index contributed by atoms with van der Waals surface area (Å²) in [7, 11) is 0. The van der Waals surface area contributed by atoms with Crippen LogP contribution >= 0.6 is 0 Å². The van der Waals surface area contributed by atoms with Crippen molar-refractivity contribution in [2.45, 2.75) is 6.10 Å². The molecule has 0 bridgehead atoms. The summed E-state index contributed by atoms with van der Waals surface area (Å²) in [6, 6.07) is 17.4. The molecule has 1 unspecified atom stereocenters. The number of para-hydroxylation sites is 2. The topological polar surface area (TPSA) is 62.2 Å². The van der Waals surface area contributed by atoms with Crippen molar-refractivity contribution in [3.63, 3.8) is 0 Å². The molecule has 3 rings (SSSR count). The minimum Gasteiger partial charge on any atom is -0.508 e. The lowest BCUT2D eigenvalue weighted by atomic mass is 10.3. The van der Waals surface area contributed by atoms with E-state index in [2.05, 4.69) is 6.58 Å². The van der Waals surface area contributed by atoms with Crippen LogP contribution in [0.5, 0.6) is 11.5 Å². The summed E-state index contributed by atoms with van der Waals surface area (Å²) in [5.74, 6) is 0.644. The zero-order chi connectivity index (χ0) is 16.0. The maximum atomic E-state index is 8.63. The van der Waals surface area contributed by atoms with Crippen LogP contribution in [0.2, 0.25) is 0 Å². The summed E-state index contributed by atoms with van der Waals surface area (Å²) in [5.41, 5.74) is 0. The van der Waals surface area contributed by atoms with Crippen molar-refractivity contribution in [2.24, 2.45) is 0 Å². The molecule has 2 aromatic carbocycles. The molecule has 0 aromatic heterocycles. The third-order valence-corrected chi connectivity index (χ3v) is 2.45. The number of phenolic OH excluding ortho intramolecular Hbond substituents is 2. The van der Waals surface area contributed by atoms with Gasteiger partial charge >= 0.3 is 0 Å². The molecule has 0 aliphatic carbocycles. The second-order valence-corrected chi connectivity index (χ2v) is 4.45. The minimum absolute atomic E-state index is 0.322. The summed E-state index contributed by atoms with van der Waals surface area (Å²) in [6.45, 7) is 5.75. The van der Waals surface area contributed by atoms with Crippen LogP contribution in [0.1, 0.15) is 0 Å². The number of epoxide rings is 1. The number of aromatic hydroxyl groups is 2. The molecule has 1 fully saturated rings. The summed E-state index contributed by atoms with van der Waals surface area (Å²) < 4.78 is 9.96. The van der Waals surface area contributed by atoms with Crippen molar-refractivity contribution in [2.75, 3.05) is 19.8 Å². The average molecular weight is 302 g/mol. The van der Waals surface area contributed by atoms with Gasteiger partial charge in [-0.05, 0) is 24.3 Å². The minimum atomic E-state index is 0.322. The standard InChI is InChI=1S/C6H10O2.2C6H6O/c1-2-3-7-4-6-5-8-6;2*7-6-4-2-1-3-5-6/h2,6H,1,3-5H2;2*1-5,7H. The van der Waals surface area contributed by atoms with Crippen molar-refractivity contribution in [3.8, 4) is 11.5 Å². The third-order valence-electron chi connectivity index (χ3n) is 2.45. The van der Waals surface area contributed by atoms with Crippen LogP contribution in [0.3, 0.4) is 0 Å². The van der Waals surface area contributed by atoms with E-state index in [1.54, 1.807) is 54.6 Å². The zero-order valence-electron chi connectivity index (χ0n) is 12.5. The quantitative estimate of drug-likeness (QED) is 0.516. The van der Waals surface area contributed by atoms with Gasteiger partial charge < -0.3 is 19.7 Å². The SMILES string of the molecule is C=CCOCC1CO1.Oc1ccccc1.Oc1ccccc1. The largest absolute Gasteiger partial charge is 0.508 e. The molecule has 1 aliphatic heterocycles. The van der Waals surface area contributed by atoms with Crippen molar-refractivity contribution < 1.29 is 19.7 Å². The first-order chi connectivity index (χ1) is 10.7. The second-order valence-electron chi connectivity index (χ2n) is 4.45. The summed E-state index contributed by atoms with van der Waals surface area (Å²) in [5, 5.41) is 17.3. The molecule has 4 nitrogen and oxygen atoms in total. The molecular formula is C18H22O4. The Morgan fingerprint density at radius 1 is 1.00 bits per heavy atom. The van der Waals surface area contributed by atoms with Gasteiger partial charge in [-0.1, -0.05) is 42.5 Å². The van der Waals surface area contributed by atoms with Crippen molar-refractivity contribution in [1.82, 2.24) is 0 Å². The van der Waals surface area contributed by atoms with E-state index in [1.807, 2.05) is 12.1 Å². The number of benzene rings is 2. The van der Waals surface area contributed by atoms with E-state index < -0.39 is 0 Å². The van der Waals surface area contributed by atoms with Gasteiger partial charge in [-0.2, -0.15) is 0 Å². The van der Waals surface area contributed by atoms with Crippen LogP contribution in [0.4, 0.5) is 0 Å². The van der Waals surface area contributed by atoms with E-state index in [-0.39, 0.29) is 0 Å². The Labute approximate surface area is 131 Å². The maximum Gasteiger partial charge on any atom is 0.115 e. The molecule has 0 spiro atoms. The molecule has 0 saturated carbocycles. The van der Waals surface area contributed by atoms with Gasteiger partial charge in [0.05, 0.1) is 19.8 Å². The monoisotopic (exact) mass is 302 g/mol. The van der Waals surface area contributed by atoms with E-state index in [0.717, 1.165) is 13.2 Å². The normalized spacial score (nSPS) is 14.6.